The van der Waals surface area contributed by atoms with Crippen molar-refractivity contribution in [1.29, 1.82) is 0 Å². The van der Waals surface area contributed by atoms with Crippen LogP contribution >= 0.6 is 0 Å². The molecule has 30 heavy (non-hydrogen) atoms. The monoisotopic (exact) mass is 416 g/mol. The van der Waals surface area contributed by atoms with E-state index in [1.165, 1.54) is 69.1 Å². The van der Waals surface area contributed by atoms with Crippen molar-refractivity contribution in [3.05, 3.63) is 41.5 Å². The molecule has 0 aliphatic rings. The van der Waals surface area contributed by atoms with Crippen LogP contribution in [0.3, 0.4) is 0 Å². The number of allylic oxidation sites excluding steroid dienone is 1. The minimum atomic E-state index is -0.355. The first kappa shape index (κ1) is 26.3. The van der Waals surface area contributed by atoms with Crippen LogP contribution in [-0.2, 0) is 4.74 Å². The zero-order valence-electron chi connectivity index (χ0n) is 20.0. The van der Waals surface area contributed by atoms with Crippen molar-refractivity contribution in [3.63, 3.8) is 0 Å². The van der Waals surface area contributed by atoms with Gasteiger partial charge in [-0.25, -0.2) is 4.79 Å². The van der Waals surface area contributed by atoms with Crippen LogP contribution in [0.1, 0.15) is 103 Å². The summed E-state index contributed by atoms with van der Waals surface area (Å²) < 4.78 is 5.29. The van der Waals surface area contributed by atoms with E-state index in [-0.39, 0.29) is 11.7 Å². The van der Waals surface area contributed by atoms with Gasteiger partial charge in [-0.2, -0.15) is 0 Å². The third-order valence-electron chi connectivity index (χ3n) is 5.89. The van der Waals surface area contributed by atoms with Crippen molar-refractivity contribution in [1.82, 2.24) is 0 Å². The van der Waals surface area contributed by atoms with E-state index in [1.54, 1.807) is 12.1 Å². The number of phenolic OH excluding ortho intramolecular Hbond substituents is 1. The molecule has 0 saturated carbocycles. The number of carbonyl (C=O) groups is 1. The molecule has 1 rings (SSSR count). The quantitative estimate of drug-likeness (QED) is 0.233. The van der Waals surface area contributed by atoms with E-state index in [1.807, 2.05) is 6.08 Å². The molecular weight excluding hydrogens is 372 g/mol. The van der Waals surface area contributed by atoms with Crippen LogP contribution in [0.2, 0.25) is 0 Å². The Kier molecular flexibility index (Phi) is 13.2. The minimum Gasteiger partial charge on any atom is -0.508 e. The van der Waals surface area contributed by atoms with Gasteiger partial charge in [-0.15, -0.1) is 0 Å². The first-order valence-electron chi connectivity index (χ1n) is 11.9. The second-order valence-corrected chi connectivity index (χ2v) is 9.55. The average molecular weight is 417 g/mol. The van der Waals surface area contributed by atoms with Gasteiger partial charge < -0.3 is 9.84 Å². The molecular formula is C27H44O3. The number of benzene rings is 1. The minimum absolute atomic E-state index is 0.146. The van der Waals surface area contributed by atoms with Crippen molar-refractivity contribution in [3.8, 4) is 5.75 Å². The van der Waals surface area contributed by atoms with Crippen molar-refractivity contribution in [2.24, 2.45) is 17.8 Å². The van der Waals surface area contributed by atoms with Gasteiger partial charge in [0.05, 0.1) is 5.56 Å². The second-order valence-electron chi connectivity index (χ2n) is 9.55. The Hall–Kier alpha value is -1.77. The van der Waals surface area contributed by atoms with Gasteiger partial charge in [0, 0.05) is 0 Å². The van der Waals surface area contributed by atoms with Crippen LogP contribution in [0.25, 0.3) is 0 Å². The molecule has 0 heterocycles. The Balaban J connectivity index is 2.11. The lowest BCUT2D eigenvalue weighted by Crippen LogP contribution is -2.05. The molecule has 0 aliphatic carbocycles. The molecule has 0 radical (unpaired) electrons. The van der Waals surface area contributed by atoms with E-state index in [9.17, 15) is 9.90 Å². The zero-order chi connectivity index (χ0) is 22.4. The Morgan fingerprint density at radius 2 is 1.43 bits per heavy atom. The number of ether oxygens (including phenoxy) is 1. The van der Waals surface area contributed by atoms with Crippen molar-refractivity contribution < 1.29 is 14.6 Å². The van der Waals surface area contributed by atoms with Crippen LogP contribution in [0.15, 0.2) is 35.9 Å². The molecule has 0 aliphatic heterocycles. The van der Waals surface area contributed by atoms with E-state index in [2.05, 4.69) is 34.6 Å². The van der Waals surface area contributed by atoms with Gasteiger partial charge in [0.15, 0.2) is 0 Å². The topological polar surface area (TPSA) is 46.5 Å². The molecule has 1 N–H and O–H groups in total. The fourth-order valence-corrected chi connectivity index (χ4v) is 3.75. The van der Waals surface area contributed by atoms with Gasteiger partial charge in [-0.1, -0.05) is 78.2 Å². The van der Waals surface area contributed by atoms with Crippen LogP contribution in [0.4, 0.5) is 0 Å². The van der Waals surface area contributed by atoms with Gasteiger partial charge in [-0.3, -0.25) is 0 Å². The predicted octanol–water partition coefficient (Wildman–Crippen LogP) is 7.93. The van der Waals surface area contributed by atoms with E-state index < -0.39 is 0 Å². The summed E-state index contributed by atoms with van der Waals surface area (Å²) >= 11 is 0. The first-order chi connectivity index (χ1) is 14.3. The second kappa shape index (κ2) is 15.1. The normalized spacial score (nSPS) is 14.0. The van der Waals surface area contributed by atoms with Crippen LogP contribution in [0, 0.1) is 17.8 Å². The van der Waals surface area contributed by atoms with E-state index in [0.717, 1.165) is 24.2 Å². The zero-order valence-corrected chi connectivity index (χ0v) is 20.0. The Morgan fingerprint density at radius 3 is 2.00 bits per heavy atom. The molecule has 0 amide bonds. The lowest BCUT2D eigenvalue weighted by atomic mass is 9.91. The van der Waals surface area contributed by atoms with Gasteiger partial charge in [0.25, 0.3) is 0 Å². The summed E-state index contributed by atoms with van der Waals surface area (Å²) in [5, 5.41) is 9.27. The van der Waals surface area contributed by atoms with E-state index in [0.29, 0.717) is 12.2 Å². The highest BCUT2D eigenvalue weighted by Crippen LogP contribution is 2.22. The number of rotatable bonds is 15. The highest BCUT2D eigenvalue weighted by molar-refractivity contribution is 5.89. The molecule has 0 spiro atoms. The van der Waals surface area contributed by atoms with Gasteiger partial charge >= 0.3 is 5.97 Å². The number of aromatic hydroxyl groups is 1. The molecule has 0 saturated heterocycles. The molecule has 0 aromatic heterocycles. The summed E-state index contributed by atoms with van der Waals surface area (Å²) in [5.41, 5.74) is 1.74. The predicted molar refractivity (Wildman–Crippen MR) is 127 cm³/mol. The number of carbonyl (C=O) groups excluding carboxylic acids is 1. The molecule has 3 nitrogen and oxygen atoms in total. The fraction of sp³-hybridized carbons (Fsp3) is 0.667. The fourth-order valence-electron chi connectivity index (χ4n) is 3.75. The summed E-state index contributed by atoms with van der Waals surface area (Å²) in [6, 6.07) is 6.13. The van der Waals surface area contributed by atoms with E-state index in [4.69, 9.17) is 4.74 Å². The summed E-state index contributed by atoms with van der Waals surface area (Å²) in [5.74, 6) is 2.28. The maximum absolute atomic E-state index is 11.9. The third kappa shape index (κ3) is 12.7. The number of phenols is 1. The summed E-state index contributed by atoms with van der Waals surface area (Å²) in [4.78, 5) is 11.9. The molecule has 1 aromatic carbocycles. The van der Waals surface area contributed by atoms with Crippen molar-refractivity contribution in [2.75, 3.05) is 6.61 Å². The van der Waals surface area contributed by atoms with Crippen molar-refractivity contribution >= 4 is 5.97 Å². The number of esters is 1. The van der Waals surface area contributed by atoms with Crippen LogP contribution in [-0.4, -0.2) is 17.7 Å². The molecule has 1 aromatic rings. The molecule has 2 atom stereocenters. The standard InChI is InChI=1S/C27H44O3/c1-21(2)9-6-10-22(3)11-7-12-23(4)13-8-14-24(5)19-20-30-27(29)25-15-17-26(28)18-16-25/h15-19,21-23,28H,6-14,20H2,1-5H3/b24-19+/t22-,23-/m1/s1. The molecule has 170 valence electrons. The highest BCUT2D eigenvalue weighted by atomic mass is 16.5. The van der Waals surface area contributed by atoms with E-state index >= 15 is 0 Å². The maximum Gasteiger partial charge on any atom is 0.338 e. The highest BCUT2D eigenvalue weighted by Gasteiger charge is 2.08. The largest absolute Gasteiger partial charge is 0.508 e. The SMILES string of the molecule is C/C(=C\COC(=O)c1ccc(O)cc1)CCC[C@H](C)CCC[C@H](C)CCCC(C)C. The number of hydrogen-bond acceptors (Lipinski definition) is 3. The lowest BCUT2D eigenvalue weighted by Gasteiger charge is -2.15. The first-order valence-corrected chi connectivity index (χ1v) is 11.9. The Morgan fingerprint density at radius 1 is 0.900 bits per heavy atom. The van der Waals surface area contributed by atoms with Crippen molar-refractivity contribution in [2.45, 2.75) is 92.4 Å². The lowest BCUT2D eigenvalue weighted by molar-refractivity contribution is 0.0549. The van der Waals surface area contributed by atoms with Gasteiger partial charge in [-0.05, 0) is 67.9 Å². The Labute approximate surface area is 184 Å². The van der Waals surface area contributed by atoms with Gasteiger partial charge in [0.2, 0.25) is 0 Å². The molecule has 0 fully saturated rings. The third-order valence-corrected chi connectivity index (χ3v) is 5.89. The van der Waals surface area contributed by atoms with Gasteiger partial charge in [0.1, 0.15) is 12.4 Å². The molecule has 0 unspecified atom stereocenters. The van der Waals surface area contributed by atoms with Crippen LogP contribution < -0.4 is 0 Å². The Bertz CT molecular complexity index is 616. The smallest absolute Gasteiger partial charge is 0.338 e. The summed E-state index contributed by atoms with van der Waals surface area (Å²) in [6.45, 7) is 11.8. The number of hydrogen-bond donors (Lipinski definition) is 1. The molecule has 0 bridgehead atoms. The summed E-state index contributed by atoms with van der Waals surface area (Å²) in [7, 11) is 0. The summed E-state index contributed by atoms with van der Waals surface area (Å²) in [6.07, 6.45) is 13.7. The molecule has 3 heteroatoms. The maximum atomic E-state index is 11.9. The average Bonchev–Trinajstić information content (AvgIpc) is 2.68. The van der Waals surface area contributed by atoms with Crippen LogP contribution in [0.5, 0.6) is 5.75 Å².